The number of carbonyl (C=O) groups is 1. The Hall–Kier alpha value is -1.67. The van der Waals surface area contributed by atoms with Gasteiger partial charge in [-0.1, -0.05) is 58.5 Å². The third kappa shape index (κ3) is 6.65. The predicted octanol–water partition coefficient (Wildman–Crippen LogP) is 5.48. The van der Waals surface area contributed by atoms with Crippen LogP contribution in [0.15, 0.2) is 36.4 Å². The van der Waals surface area contributed by atoms with Crippen molar-refractivity contribution in [3.8, 4) is 0 Å². The predicted molar refractivity (Wildman–Crippen MR) is 125 cm³/mol. The molecule has 0 radical (unpaired) electrons. The summed E-state index contributed by atoms with van der Waals surface area (Å²) in [6, 6.07) is 8.19. The van der Waals surface area contributed by atoms with E-state index in [1.807, 2.05) is 32.9 Å². The van der Waals surface area contributed by atoms with Gasteiger partial charge in [-0.3, -0.25) is 0 Å². The van der Waals surface area contributed by atoms with E-state index in [1.165, 1.54) is 0 Å². The summed E-state index contributed by atoms with van der Waals surface area (Å²) in [7, 11) is -1.81. The van der Waals surface area contributed by atoms with E-state index in [0.29, 0.717) is 18.8 Å². The smallest absolute Gasteiger partial charge is 0.405 e. The fourth-order valence-corrected chi connectivity index (χ4v) is 4.21. The second kappa shape index (κ2) is 9.44. The normalized spacial score (nSPS) is 20.8. The molecular weight excluding hydrogens is 410 g/mol. The third-order valence-corrected chi connectivity index (χ3v) is 10.9. The topological polar surface area (TPSA) is 80.0 Å². The van der Waals surface area contributed by atoms with E-state index in [9.17, 15) is 4.79 Å². The molecule has 0 bridgehead atoms. The molecule has 0 spiro atoms. The van der Waals surface area contributed by atoms with Gasteiger partial charge in [0.2, 0.25) is 0 Å². The number of primary amides is 1. The summed E-state index contributed by atoms with van der Waals surface area (Å²) in [5, 5.41) is 0.168. The number of rotatable bonds is 8. The fourth-order valence-electron chi connectivity index (χ4n) is 3.25. The molecule has 1 aromatic rings. The monoisotopic (exact) mass is 449 g/mol. The molecule has 1 fully saturated rings. The second-order valence-corrected chi connectivity index (χ2v) is 15.1. The number of carbonyl (C=O) groups excluding carboxylic acids is 1. The van der Waals surface area contributed by atoms with Crippen molar-refractivity contribution in [3.05, 3.63) is 47.5 Å². The summed E-state index contributed by atoms with van der Waals surface area (Å²) in [5.41, 5.74) is 8.12. The average molecular weight is 450 g/mol. The Labute approximate surface area is 188 Å². The fraction of sp³-hybridized carbons (Fsp3) is 0.625. The molecule has 0 aromatic heterocycles. The maximum atomic E-state index is 11.6. The highest BCUT2D eigenvalue weighted by molar-refractivity contribution is 6.74. The van der Waals surface area contributed by atoms with Gasteiger partial charge in [0.1, 0.15) is 12.2 Å². The van der Waals surface area contributed by atoms with Crippen molar-refractivity contribution in [3.63, 3.8) is 0 Å². The number of hydrogen-bond acceptors (Lipinski definition) is 5. The Morgan fingerprint density at radius 1 is 1.29 bits per heavy atom. The highest BCUT2D eigenvalue weighted by Crippen LogP contribution is 2.37. The van der Waals surface area contributed by atoms with Crippen molar-refractivity contribution in [1.82, 2.24) is 0 Å². The number of ether oxygens (including phenoxy) is 3. The maximum absolute atomic E-state index is 11.6. The number of nitrogens with two attached hydrogens (primary N) is 1. The Morgan fingerprint density at radius 2 is 1.87 bits per heavy atom. The summed E-state index contributed by atoms with van der Waals surface area (Å²) >= 11 is 0. The Morgan fingerprint density at radius 3 is 2.32 bits per heavy atom. The summed E-state index contributed by atoms with van der Waals surface area (Å²) < 4.78 is 23.3. The number of benzene rings is 1. The average Bonchev–Trinajstić information content (AvgIpc) is 3.02. The van der Waals surface area contributed by atoms with Gasteiger partial charge in [-0.25, -0.2) is 4.79 Å². The van der Waals surface area contributed by atoms with Crippen molar-refractivity contribution >= 4 is 14.4 Å². The van der Waals surface area contributed by atoms with Gasteiger partial charge >= 0.3 is 6.09 Å². The Bertz CT molecular complexity index is 782. The summed E-state index contributed by atoms with van der Waals surface area (Å²) in [6.45, 7) is 22.0. The summed E-state index contributed by atoms with van der Waals surface area (Å²) in [4.78, 5) is 11.6. The van der Waals surface area contributed by atoms with Gasteiger partial charge in [-0.05, 0) is 48.7 Å². The Balaban J connectivity index is 2.12. The molecular formula is C24H39NO5Si. The quantitative estimate of drug-likeness (QED) is 0.420. The SMILES string of the molecule is C=C(C(OC(N)=O)C(C)c1ccc(CO[Si](C)(C)C(C)(C)C)cc1)[C@@H]1COC(C)(C)O1. The van der Waals surface area contributed by atoms with Crippen LogP contribution in [0.1, 0.15) is 58.6 Å². The molecule has 31 heavy (non-hydrogen) atoms. The maximum Gasteiger partial charge on any atom is 0.405 e. The van der Waals surface area contributed by atoms with E-state index in [2.05, 4.69) is 52.6 Å². The minimum atomic E-state index is -1.81. The minimum Gasteiger partial charge on any atom is -0.441 e. The van der Waals surface area contributed by atoms with Crippen molar-refractivity contribution in [1.29, 1.82) is 0 Å². The number of hydrogen-bond donors (Lipinski definition) is 1. The van der Waals surface area contributed by atoms with Crippen LogP contribution in [0.3, 0.4) is 0 Å². The molecule has 2 rings (SSSR count). The zero-order valence-corrected chi connectivity index (χ0v) is 21.3. The van der Waals surface area contributed by atoms with Gasteiger partial charge in [0.25, 0.3) is 0 Å². The molecule has 1 aromatic carbocycles. The molecule has 1 aliphatic heterocycles. The van der Waals surface area contributed by atoms with Gasteiger partial charge in [0, 0.05) is 5.92 Å². The van der Waals surface area contributed by atoms with Crippen molar-refractivity contribution in [2.75, 3.05) is 6.61 Å². The van der Waals surface area contributed by atoms with Crippen LogP contribution in [-0.4, -0.2) is 39.0 Å². The lowest BCUT2D eigenvalue weighted by molar-refractivity contribution is -0.135. The molecule has 174 valence electrons. The van der Waals surface area contributed by atoms with Crippen LogP contribution in [-0.2, 0) is 25.2 Å². The van der Waals surface area contributed by atoms with Gasteiger partial charge in [0.05, 0.1) is 13.2 Å². The standard InChI is InChI=1S/C24H39NO5Si/c1-16(21(29-22(25)26)17(2)20-15-27-24(6,7)30-20)19-12-10-18(11-13-19)14-28-31(8,9)23(3,4)5/h10-13,16,20-21H,2,14-15H2,1,3-9H3,(H2,25,26)/t16?,20-,21?/m0/s1. The van der Waals surface area contributed by atoms with Crippen LogP contribution < -0.4 is 5.73 Å². The van der Waals surface area contributed by atoms with Crippen LogP contribution in [0, 0.1) is 0 Å². The number of amides is 1. The molecule has 1 amide bonds. The molecule has 3 atom stereocenters. The highest BCUT2D eigenvalue weighted by Gasteiger charge is 2.39. The molecule has 0 aliphatic carbocycles. The first-order chi connectivity index (χ1) is 14.1. The lowest BCUT2D eigenvalue weighted by Gasteiger charge is -2.36. The van der Waals surface area contributed by atoms with E-state index in [0.717, 1.165) is 11.1 Å². The van der Waals surface area contributed by atoms with Crippen LogP contribution in [0.4, 0.5) is 4.79 Å². The van der Waals surface area contributed by atoms with Crippen molar-refractivity contribution in [2.24, 2.45) is 5.73 Å². The molecule has 1 aliphatic rings. The van der Waals surface area contributed by atoms with E-state index in [4.69, 9.17) is 24.4 Å². The van der Waals surface area contributed by atoms with Gasteiger partial charge < -0.3 is 24.4 Å². The second-order valence-electron chi connectivity index (χ2n) is 10.3. The minimum absolute atomic E-state index is 0.150. The molecule has 0 saturated carbocycles. The zero-order chi connectivity index (χ0) is 23.6. The Kier molecular flexibility index (Phi) is 7.79. The van der Waals surface area contributed by atoms with E-state index >= 15 is 0 Å². The van der Waals surface area contributed by atoms with Gasteiger partial charge in [-0.2, -0.15) is 0 Å². The molecule has 1 saturated heterocycles. The zero-order valence-electron chi connectivity index (χ0n) is 20.3. The van der Waals surface area contributed by atoms with Crippen LogP contribution in [0.5, 0.6) is 0 Å². The first-order valence-electron chi connectivity index (χ1n) is 10.8. The molecule has 2 N–H and O–H groups in total. The largest absolute Gasteiger partial charge is 0.441 e. The molecule has 1 heterocycles. The summed E-state index contributed by atoms with van der Waals surface area (Å²) in [6.07, 6.45) is -1.82. The van der Waals surface area contributed by atoms with Crippen LogP contribution in [0.2, 0.25) is 18.1 Å². The van der Waals surface area contributed by atoms with Crippen molar-refractivity contribution in [2.45, 2.75) is 90.2 Å². The van der Waals surface area contributed by atoms with E-state index in [-0.39, 0.29) is 17.1 Å². The van der Waals surface area contributed by atoms with Crippen molar-refractivity contribution < 1.29 is 23.4 Å². The first kappa shape index (κ1) is 25.6. The van der Waals surface area contributed by atoms with Crippen LogP contribution in [0.25, 0.3) is 0 Å². The van der Waals surface area contributed by atoms with Gasteiger partial charge in [-0.15, -0.1) is 0 Å². The lowest BCUT2D eigenvalue weighted by Crippen LogP contribution is -2.40. The van der Waals surface area contributed by atoms with E-state index < -0.39 is 26.3 Å². The first-order valence-corrected chi connectivity index (χ1v) is 13.7. The van der Waals surface area contributed by atoms with Gasteiger partial charge in [0.15, 0.2) is 14.1 Å². The molecule has 6 nitrogen and oxygen atoms in total. The van der Waals surface area contributed by atoms with E-state index in [1.54, 1.807) is 0 Å². The third-order valence-electron chi connectivity index (χ3n) is 6.40. The summed E-state index contributed by atoms with van der Waals surface area (Å²) in [5.74, 6) is -0.845. The lowest BCUT2D eigenvalue weighted by atomic mass is 9.88. The highest BCUT2D eigenvalue weighted by atomic mass is 28.4. The molecule has 2 unspecified atom stereocenters. The van der Waals surface area contributed by atoms with Crippen LogP contribution >= 0.6 is 0 Å². The molecule has 7 heteroatoms.